The second-order valence-electron chi connectivity index (χ2n) is 6.13. The summed E-state index contributed by atoms with van der Waals surface area (Å²) in [5.74, 6) is 0. The summed E-state index contributed by atoms with van der Waals surface area (Å²) in [6, 6.07) is 14.2. The van der Waals surface area contributed by atoms with Gasteiger partial charge in [0, 0.05) is 42.6 Å². The van der Waals surface area contributed by atoms with Gasteiger partial charge in [0.1, 0.15) is 0 Å². The summed E-state index contributed by atoms with van der Waals surface area (Å²) in [6.45, 7) is 8.14. The Kier molecular flexibility index (Phi) is 5.27. The highest BCUT2D eigenvalue weighted by molar-refractivity contribution is 7.80. The molecule has 0 radical (unpaired) electrons. The number of benzene rings is 2. The number of nitrogens with one attached hydrogen (secondary N) is 1. The molecular formula is C19H22ClN3S. The number of nitrogens with zero attached hydrogens (tertiary/aromatic N) is 2. The minimum Gasteiger partial charge on any atom is -0.368 e. The average Bonchev–Trinajstić information content (AvgIpc) is 2.57. The molecule has 0 aromatic heterocycles. The predicted molar refractivity (Wildman–Crippen MR) is 107 cm³/mol. The molecule has 3 nitrogen and oxygen atoms in total. The van der Waals surface area contributed by atoms with Crippen LogP contribution < -0.4 is 10.2 Å². The zero-order valence-corrected chi connectivity index (χ0v) is 15.6. The van der Waals surface area contributed by atoms with Gasteiger partial charge in [-0.3, -0.25) is 0 Å². The first kappa shape index (κ1) is 17.1. The topological polar surface area (TPSA) is 18.5 Å². The van der Waals surface area contributed by atoms with Crippen LogP contribution in [0.5, 0.6) is 0 Å². The van der Waals surface area contributed by atoms with Gasteiger partial charge in [-0.2, -0.15) is 0 Å². The Labute approximate surface area is 154 Å². The fraction of sp³-hybridized carbons (Fsp3) is 0.316. The molecule has 1 aliphatic rings. The zero-order valence-electron chi connectivity index (χ0n) is 14.1. The Bertz CT molecular complexity index is 739. The van der Waals surface area contributed by atoms with Crippen LogP contribution in [0.25, 0.3) is 0 Å². The van der Waals surface area contributed by atoms with Crippen molar-refractivity contribution in [2.24, 2.45) is 0 Å². The summed E-state index contributed by atoms with van der Waals surface area (Å²) in [7, 11) is 0. The summed E-state index contributed by atoms with van der Waals surface area (Å²) < 4.78 is 0. The van der Waals surface area contributed by atoms with Crippen molar-refractivity contribution in [1.29, 1.82) is 0 Å². The number of hydrogen-bond donors (Lipinski definition) is 1. The van der Waals surface area contributed by atoms with Gasteiger partial charge < -0.3 is 15.1 Å². The Hall–Kier alpha value is -1.78. The number of aryl methyl sites for hydroxylation is 1. The van der Waals surface area contributed by atoms with Crippen molar-refractivity contribution in [3.8, 4) is 0 Å². The van der Waals surface area contributed by atoms with Gasteiger partial charge in [-0.25, -0.2) is 0 Å². The smallest absolute Gasteiger partial charge is 0.173 e. The highest BCUT2D eigenvalue weighted by Crippen LogP contribution is 2.24. The molecule has 24 heavy (non-hydrogen) atoms. The van der Waals surface area contributed by atoms with Crippen molar-refractivity contribution < 1.29 is 0 Å². The van der Waals surface area contributed by atoms with Crippen LogP contribution >= 0.6 is 23.8 Å². The Morgan fingerprint density at radius 3 is 2.46 bits per heavy atom. The van der Waals surface area contributed by atoms with Gasteiger partial charge in [0.15, 0.2) is 5.11 Å². The molecule has 126 valence electrons. The largest absolute Gasteiger partial charge is 0.368 e. The molecule has 0 unspecified atom stereocenters. The third-order valence-corrected chi connectivity index (χ3v) is 5.15. The molecule has 5 heteroatoms. The van der Waals surface area contributed by atoms with E-state index in [0.717, 1.165) is 37.0 Å². The third kappa shape index (κ3) is 3.82. The van der Waals surface area contributed by atoms with Crippen LogP contribution in [0.15, 0.2) is 42.5 Å². The molecule has 2 aromatic carbocycles. The predicted octanol–water partition coefficient (Wildman–Crippen LogP) is 4.48. The lowest BCUT2D eigenvalue weighted by atomic mass is 10.1. The first-order chi connectivity index (χ1) is 11.5. The highest BCUT2D eigenvalue weighted by Gasteiger charge is 2.20. The van der Waals surface area contributed by atoms with Gasteiger partial charge >= 0.3 is 0 Å². The van der Waals surface area contributed by atoms with E-state index >= 15 is 0 Å². The molecule has 0 bridgehead atoms. The van der Waals surface area contributed by atoms with Crippen LogP contribution in [0.3, 0.4) is 0 Å². The lowest BCUT2D eigenvalue weighted by Gasteiger charge is -2.38. The van der Waals surface area contributed by atoms with Crippen molar-refractivity contribution in [3.05, 3.63) is 58.6 Å². The molecule has 2 aromatic rings. The minimum atomic E-state index is 0.711. The number of anilines is 2. The van der Waals surface area contributed by atoms with Gasteiger partial charge in [0.2, 0.25) is 0 Å². The van der Waals surface area contributed by atoms with Crippen LogP contribution in [-0.4, -0.2) is 36.2 Å². The van der Waals surface area contributed by atoms with Crippen LogP contribution in [-0.2, 0) is 0 Å². The molecule has 1 N–H and O–H groups in total. The number of piperazine rings is 1. The van der Waals surface area contributed by atoms with Crippen molar-refractivity contribution in [2.45, 2.75) is 13.8 Å². The first-order valence-electron chi connectivity index (χ1n) is 8.17. The minimum absolute atomic E-state index is 0.711. The summed E-state index contributed by atoms with van der Waals surface area (Å²) in [5.41, 5.74) is 4.98. The summed E-state index contributed by atoms with van der Waals surface area (Å²) in [6.07, 6.45) is 0. The molecular weight excluding hydrogens is 338 g/mol. The second kappa shape index (κ2) is 7.41. The van der Waals surface area contributed by atoms with Gasteiger partial charge in [-0.1, -0.05) is 29.8 Å². The molecule has 1 fully saturated rings. The normalized spacial score (nSPS) is 14.6. The van der Waals surface area contributed by atoms with Crippen molar-refractivity contribution >= 4 is 40.3 Å². The molecule has 0 aliphatic carbocycles. The monoisotopic (exact) mass is 359 g/mol. The SMILES string of the molecule is Cc1cccc(N2CCN(C(=S)Nc3cccc(Cl)c3)CC2)c1C. The van der Waals surface area contributed by atoms with Crippen LogP contribution in [0.2, 0.25) is 5.02 Å². The molecule has 0 amide bonds. The van der Waals surface area contributed by atoms with E-state index in [1.54, 1.807) is 0 Å². The maximum absolute atomic E-state index is 6.03. The van der Waals surface area contributed by atoms with E-state index < -0.39 is 0 Å². The zero-order chi connectivity index (χ0) is 17.1. The van der Waals surface area contributed by atoms with Gasteiger partial charge in [-0.05, 0) is 61.5 Å². The van der Waals surface area contributed by atoms with Crippen molar-refractivity contribution in [2.75, 3.05) is 36.4 Å². The quantitative estimate of drug-likeness (QED) is 0.797. The Morgan fingerprint density at radius 2 is 1.75 bits per heavy atom. The van der Waals surface area contributed by atoms with E-state index in [1.807, 2.05) is 24.3 Å². The Balaban J connectivity index is 1.60. The third-order valence-electron chi connectivity index (χ3n) is 4.56. The number of thiocarbonyl (C=S) groups is 1. The van der Waals surface area contributed by atoms with Crippen molar-refractivity contribution in [3.63, 3.8) is 0 Å². The maximum atomic E-state index is 6.03. The number of halogens is 1. The van der Waals surface area contributed by atoms with Crippen LogP contribution in [0, 0.1) is 13.8 Å². The molecule has 1 saturated heterocycles. The molecule has 1 aliphatic heterocycles. The van der Waals surface area contributed by atoms with Crippen LogP contribution in [0.1, 0.15) is 11.1 Å². The van der Waals surface area contributed by atoms with E-state index in [2.05, 4.69) is 47.2 Å². The highest BCUT2D eigenvalue weighted by atomic mass is 35.5. The van der Waals surface area contributed by atoms with E-state index in [9.17, 15) is 0 Å². The maximum Gasteiger partial charge on any atom is 0.173 e. The van der Waals surface area contributed by atoms with Gasteiger partial charge in [0.25, 0.3) is 0 Å². The number of hydrogen-bond acceptors (Lipinski definition) is 2. The van der Waals surface area contributed by atoms with Crippen LogP contribution in [0.4, 0.5) is 11.4 Å². The fourth-order valence-electron chi connectivity index (χ4n) is 3.00. The van der Waals surface area contributed by atoms with E-state index in [0.29, 0.717) is 5.02 Å². The standard InChI is InChI=1S/C19H22ClN3S/c1-14-5-3-8-18(15(14)2)22-9-11-23(12-10-22)19(24)21-17-7-4-6-16(20)13-17/h3-8,13H,9-12H2,1-2H3,(H,21,24). The molecule has 1 heterocycles. The summed E-state index contributed by atoms with van der Waals surface area (Å²) >= 11 is 11.6. The molecule has 0 atom stereocenters. The molecule has 0 saturated carbocycles. The summed E-state index contributed by atoms with van der Waals surface area (Å²) in [4.78, 5) is 4.67. The Morgan fingerprint density at radius 1 is 1.04 bits per heavy atom. The average molecular weight is 360 g/mol. The summed E-state index contributed by atoms with van der Waals surface area (Å²) in [5, 5.41) is 4.75. The number of rotatable bonds is 2. The van der Waals surface area contributed by atoms with E-state index in [1.165, 1.54) is 16.8 Å². The molecule has 3 rings (SSSR count). The first-order valence-corrected chi connectivity index (χ1v) is 8.96. The van der Waals surface area contributed by atoms with E-state index in [-0.39, 0.29) is 0 Å². The van der Waals surface area contributed by atoms with Crippen molar-refractivity contribution in [1.82, 2.24) is 4.90 Å². The lowest BCUT2D eigenvalue weighted by molar-refractivity contribution is 0.390. The molecule has 0 spiro atoms. The van der Waals surface area contributed by atoms with Gasteiger partial charge in [-0.15, -0.1) is 0 Å². The lowest BCUT2D eigenvalue weighted by Crippen LogP contribution is -2.50. The fourth-order valence-corrected chi connectivity index (χ4v) is 3.49. The van der Waals surface area contributed by atoms with Gasteiger partial charge in [0.05, 0.1) is 0 Å². The van der Waals surface area contributed by atoms with E-state index in [4.69, 9.17) is 23.8 Å². The second-order valence-corrected chi connectivity index (χ2v) is 6.96.